The van der Waals surface area contributed by atoms with Gasteiger partial charge in [-0.3, -0.25) is 19.6 Å². The lowest BCUT2D eigenvalue weighted by atomic mass is 10.1. The fourth-order valence-corrected chi connectivity index (χ4v) is 2.69. The van der Waals surface area contributed by atoms with E-state index in [0.29, 0.717) is 11.3 Å². The molecule has 0 saturated carbocycles. The van der Waals surface area contributed by atoms with Crippen LogP contribution < -0.4 is 21.4 Å². The van der Waals surface area contributed by atoms with Gasteiger partial charge in [0.25, 0.3) is 11.8 Å². The molecule has 0 spiro atoms. The number of aliphatic hydroxyl groups excluding tert-OH is 1. The average Bonchev–Trinajstić information content (AvgIpc) is 2.80. The molecule has 33 heavy (non-hydrogen) atoms. The second-order valence-electron chi connectivity index (χ2n) is 7.66. The second kappa shape index (κ2) is 12.4. The first-order chi connectivity index (χ1) is 15.7. The van der Waals surface area contributed by atoms with Crippen LogP contribution in [-0.4, -0.2) is 52.8 Å². The molecule has 0 aromatic heterocycles. The zero-order chi connectivity index (χ0) is 24.4. The number of hydroxylamine groups is 1. The van der Waals surface area contributed by atoms with E-state index < -0.39 is 24.0 Å². The topological polar surface area (TPSA) is 140 Å². The molecule has 9 nitrogen and oxygen atoms in total. The van der Waals surface area contributed by atoms with Crippen LogP contribution in [0.5, 0.6) is 0 Å². The average molecular weight is 453 g/mol. The highest BCUT2D eigenvalue weighted by Gasteiger charge is 2.25. The smallest absolute Gasteiger partial charge is 0.268 e. The Balaban J connectivity index is 1.97. The summed E-state index contributed by atoms with van der Waals surface area (Å²) in [5, 5.41) is 26.5. The predicted molar refractivity (Wildman–Crippen MR) is 123 cm³/mol. The standard InChI is InChI=1S/C24H28N4O5/c1-15(2)25-14-21(30)26-20-12-8-18(9-13-20)5-4-17-6-10-19(11-7-17)23(31)27-22(16(3)29)24(32)28-33/h6-13,15-16,22,25,29,33H,14H2,1-3H3,(H,26,30)(H,27,31)(H,28,32)/t16-,22+/m1/s1. The molecule has 0 unspecified atom stereocenters. The van der Waals surface area contributed by atoms with E-state index in [1.807, 2.05) is 13.8 Å². The molecule has 0 aliphatic carbocycles. The molecule has 2 rings (SSSR count). The summed E-state index contributed by atoms with van der Waals surface area (Å²) in [5.41, 5.74) is 3.78. The van der Waals surface area contributed by atoms with Gasteiger partial charge in [0.1, 0.15) is 6.04 Å². The molecule has 2 aromatic rings. The van der Waals surface area contributed by atoms with Crippen molar-refractivity contribution in [3.05, 3.63) is 65.2 Å². The van der Waals surface area contributed by atoms with Gasteiger partial charge in [0.2, 0.25) is 5.91 Å². The maximum Gasteiger partial charge on any atom is 0.268 e. The molecule has 0 saturated heterocycles. The van der Waals surface area contributed by atoms with E-state index in [1.54, 1.807) is 48.5 Å². The molecule has 0 bridgehead atoms. The van der Waals surface area contributed by atoms with Crippen molar-refractivity contribution in [3.63, 3.8) is 0 Å². The maximum atomic E-state index is 12.3. The van der Waals surface area contributed by atoms with Gasteiger partial charge in [-0.25, -0.2) is 5.48 Å². The number of carbonyl (C=O) groups is 3. The van der Waals surface area contributed by atoms with Gasteiger partial charge < -0.3 is 21.1 Å². The van der Waals surface area contributed by atoms with E-state index in [9.17, 15) is 19.5 Å². The lowest BCUT2D eigenvalue weighted by Crippen LogP contribution is -2.51. The highest BCUT2D eigenvalue weighted by atomic mass is 16.5. The molecule has 0 aliphatic rings. The molecule has 174 valence electrons. The maximum absolute atomic E-state index is 12.3. The third-order valence-electron chi connectivity index (χ3n) is 4.50. The van der Waals surface area contributed by atoms with Crippen LogP contribution in [0.1, 0.15) is 42.3 Å². The molecular weight excluding hydrogens is 424 g/mol. The molecule has 0 radical (unpaired) electrons. The minimum atomic E-state index is -1.29. The van der Waals surface area contributed by atoms with Crippen molar-refractivity contribution < 1.29 is 24.7 Å². The number of hydrogen-bond donors (Lipinski definition) is 6. The van der Waals surface area contributed by atoms with Crippen LogP contribution in [0.2, 0.25) is 0 Å². The number of nitrogens with one attached hydrogen (secondary N) is 4. The molecule has 6 N–H and O–H groups in total. The van der Waals surface area contributed by atoms with Crippen LogP contribution in [0, 0.1) is 11.8 Å². The Morgan fingerprint density at radius 3 is 1.94 bits per heavy atom. The fourth-order valence-electron chi connectivity index (χ4n) is 2.69. The molecule has 3 amide bonds. The monoisotopic (exact) mass is 452 g/mol. The summed E-state index contributed by atoms with van der Waals surface area (Å²) in [6.07, 6.45) is -1.19. The van der Waals surface area contributed by atoms with Crippen molar-refractivity contribution in [1.82, 2.24) is 16.1 Å². The van der Waals surface area contributed by atoms with Crippen LogP contribution in [-0.2, 0) is 9.59 Å². The van der Waals surface area contributed by atoms with Gasteiger partial charge >= 0.3 is 0 Å². The van der Waals surface area contributed by atoms with Crippen LogP contribution in [0.15, 0.2) is 48.5 Å². The zero-order valence-electron chi connectivity index (χ0n) is 18.7. The quantitative estimate of drug-likeness (QED) is 0.201. The van der Waals surface area contributed by atoms with Crippen LogP contribution in [0.3, 0.4) is 0 Å². The summed E-state index contributed by atoms with van der Waals surface area (Å²) in [6.45, 7) is 5.50. The molecular formula is C24H28N4O5. The van der Waals surface area contributed by atoms with E-state index in [-0.39, 0.29) is 24.1 Å². The number of rotatable bonds is 8. The number of aliphatic hydroxyl groups is 1. The van der Waals surface area contributed by atoms with Crippen LogP contribution >= 0.6 is 0 Å². The summed E-state index contributed by atoms with van der Waals surface area (Å²) in [6, 6.07) is 12.5. The SMILES string of the molecule is CC(C)NCC(=O)Nc1ccc(C#Cc2ccc(C(=O)N[C@H](C(=O)NO)[C@@H](C)O)cc2)cc1. The molecule has 2 aromatic carbocycles. The van der Waals surface area contributed by atoms with Crippen molar-refractivity contribution in [3.8, 4) is 11.8 Å². The lowest BCUT2D eigenvalue weighted by molar-refractivity contribution is -0.133. The predicted octanol–water partition coefficient (Wildman–Crippen LogP) is 1.01. The normalized spacial score (nSPS) is 12.2. The zero-order valence-corrected chi connectivity index (χ0v) is 18.7. The number of anilines is 1. The van der Waals surface area contributed by atoms with Gasteiger partial charge in [0.05, 0.1) is 12.6 Å². The van der Waals surface area contributed by atoms with Crippen molar-refractivity contribution in [2.45, 2.75) is 39.0 Å². The number of hydrogen-bond acceptors (Lipinski definition) is 6. The highest BCUT2D eigenvalue weighted by Crippen LogP contribution is 2.10. The third kappa shape index (κ3) is 8.38. The van der Waals surface area contributed by atoms with Crippen molar-refractivity contribution in [2.24, 2.45) is 0 Å². The Labute approximate surface area is 192 Å². The number of amides is 3. The lowest BCUT2D eigenvalue weighted by Gasteiger charge is -2.19. The first-order valence-electron chi connectivity index (χ1n) is 10.4. The van der Waals surface area contributed by atoms with Gasteiger partial charge in [-0.1, -0.05) is 25.7 Å². The third-order valence-corrected chi connectivity index (χ3v) is 4.50. The van der Waals surface area contributed by atoms with Gasteiger partial charge in [-0.15, -0.1) is 0 Å². The second-order valence-corrected chi connectivity index (χ2v) is 7.66. The summed E-state index contributed by atoms with van der Waals surface area (Å²) in [4.78, 5) is 35.7. The van der Waals surface area contributed by atoms with E-state index in [0.717, 1.165) is 5.56 Å². The van der Waals surface area contributed by atoms with Crippen LogP contribution in [0.25, 0.3) is 0 Å². The Morgan fingerprint density at radius 2 is 1.45 bits per heavy atom. The summed E-state index contributed by atoms with van der Waals surface area (Å²) in [7, 11) is 0. The Bertz CT molecular complexity index is 1020. The van der Waals surface area contributed by atoms with Crippen LogP contribution in [0.4, 0.5) is 5.69 Å². The van der Waals surface area contributed by atoms with E-state index in [2.05, 4.69) is 27.8 Å². The van der Waals surface area contributed by atoms with Crippen molar-refractivity contribution in [2.75, 3.05) is 11.9 Å². The van der Waals surface area contributed by atoms with E-state index in [4.69, 9.17) is 5.21 Å². The van der Waals surface area contributed by atoms with E-state index in [1.165, 1.54) is 12.4 Å². The van der Waals surface area contributed by atoms with Gasteiger partial charge in [-0.2, -0.15) is 0 Å². The molecule has 0 aliphatic heterocycles. The summed E-state index contributed by atoms with van der Waals surface area (Å²) in [5.74, 6) is 4.38. The number of carbonyl (C=O) groups excluding carboxylic acids is 3. The highest BCUT2D eigenvalue weighted by molar-refractivity contribution is 5.97. The fraction of sp³-hybridized carbons (Fsp3) is 0.292. The van der Waals surface area contributed by atoms with Gasteiger partial charge in [0, 0.05) is 28.4 Å². The molecule has 9 heteroatoms. The Hall–Kier alpha value is -3.71. The summed E-state index contributed by atoms with van der Waals surface area (Å²) < 4.78 is 0. The Morgan fingerprint density at radius 1 is 0.909 bits per heavy atom. The Kier molecular flexibility index (Phi) is 9.57. The molecule has 0 fully saturated rings. The van der Waals surface area contributed by atoms with Gasteiger partial charge in [-0.05, 0) is 55.5 Å². The number of benzene rings is 2. The first-order valence-corrected chi connectivity index (χ1v) is 10.4. The minimum Gasteiger partial charge on any atom is -0.391 e. The van der Waals surface area contributed by atoms with Crippen molar-refractivity contribution >= 4 is 23.4 Å². The minimum absolute atomic E-state index is 0.122. The largest absolute Gasteiger partial charge is 0.391 e. The first kappa shape index (κ1) is 25.5. The summed E-state index contributed by atoms with van der Waals surface area (Å²) >= 11 is 0. The van der Waals surface area contributed by atoms with Gasteiger partial charge in [0.15, 0.2) is 0 Å². The molecule has 2 atom stereocenters. The van der Waals surface area contributed by atoms with E-state index >= 15 is 0 Å². The molecule has 0 heterocycles. The van der Waals surface area contributed by atoms with Crippen molar-refractivity contribution in [1.29, 1.82) is 0 Å².